The number of H-pyrrole nitrogens is 1. The van der Waals surface area contributed by atoms with E-state index in [-0.39, 0.29) is 17.7 Å². The van der Waals surface area contributed by atoms with Crippen LogP contribution in [0, 0.1) is 5.92 Å². The molecule has 6 nitrogen and oxygen atoms in total. The van der Waals surface area contributed by atoms with E-state index in [1.54, 1.807) is 6.20 Å². The van der Waals surface area contributed by atoms with Crippen molar-refractivity contribution in [1.29, 1.82) is 0 Å². The molecule has 4 rings (SSSR count). The molecule has 2 N–H and O–H groups in total. The molecular formula is C25H28N4O2. The summed E-state index contributed by atoms with van der Waals surface area (Å²) in [6.45, 7) is 1.83. The Hall–Kier alpha value is -3.41. The van der Waals surface area contributed by atoms with E-state index < -0.39 is 0 Å². The van der Waals surface area contributed by atoms with Crippen LogP contribution in [0.3, 0.4) is 0 Å². The molecule has 1 aliphatic heterocycles. The lowest BCUT2D eigenvalue weighted by Crippen LogP contribution is -2.43. The highest BCUT2D eigenvalue weighted by atomic mass is 16.2. The van der Waals surface area contributed by atoms with Gasteiger partial charge in [-0.05, 0) is 42.0 Å². The summed E-state index contributed by atoms with van der Waals surface area (Å²) in [5.41, 5.74) is 4.28. The van der Waals surface area contributed by atoms with Gasteiger partial charge < -0.3 is 10.2 Å². The quantitative estimate of drug-likeness (QED) is 0.618. The highest BCUT2D eigenvalue weighted by Gasteiger charge is 2.26. The van der Waals surface area contributed by atoms with Gasteiger partial charge in [-0.15, -0.1) is 0 Å². The summed E-state index contributed by atoms with van der Waals surface area (Å²) in [5, 5.41) is 9.96. The maximum absolute atomic E-state index is 12.6. The Labute approximate surface area is 182 Å². The van der Waals surface area contributed by atoms with Crippen molar-refractivity contribution in [3.05, 3.63) is 78.0 Å². The van der Waals surface area contributed by atoms with E-state index in [1.165, 1.54) is 5.56 Å². The first kappa shape index (κ1) is 20.8. The predicted octanol–water partition coefficient (Wildman–Crippen LogP) is 3.56. The van der Waals surface area contributed by atoms with E-state index in [2.05, 4.69) is 27.6 Å². The van der Waals surface area contributed by atoms with E-state index in [1.807, 2.05) is 53.4 Å². The minimum absolute atomic E-state index is 0.0255. The molecule has 0 bridgehead atoms. The van der Waals surface area contributed by atoms with Crippen molar-refractivity contribution in [2.45, 2.75) is 32.2 Å². The van der Waals surface area contributed by atoms with Gasteiger partial charge in [0.2, 0.25) is 11.8 Å². The molecule has 1 fully saturated rings. The van der Waals surface area contributed by atoms with Crippen molar-refractivity contribution in [2.75, 3.05) is 13.1 Å². The smallest absolute Gasteiger partial charge is 0.223 e. The summed E-state index contributed by atoms with van der Waals surface area (Å²) < 4.78 is 0. The second-order valence-corrected chi connectivity index (χ2v) is 8.03. The molecule has 1 aromatic heterocycles. The van der Waals surface area contributed by atoms with Crippen molar-refractivity contribution in [1.82, 2.24) is 20.4 Å². The van der Waals surface area contributed by atoms with Gasteiger partial charge in [-0.2, -0.15) is 5.10 Å². The van der Waals surface area contributed by atoms with E-state index >= 15 is 0 Å². The average Bonchev–Trinajstić information content (AvgIpc) is 3.37. The summed E-state index contributed by atoms with van der Waals surface area (Å²) in [5.74, 6) is 0.233. The van der Waals surface area contributed by atoms with Gasteiger partial charge in [0.1, 0.15) is 0 Å². The number of carbonyl (C=O) groups excluding carboxylic acids is 2. The Kier molecular flexibility index (Phi) is 6.77. The molecule has 1 aliphatic rings. The van der Waals surface area contributed by atoms with Crippen LogP contribution in [-0.4, -0.2) is 40.0 Å². The minimum Gasteiger partial charge on any atom is -0.352 e. The number of carbonyl (C=O) groups is 2. The molecule has 0 aliphatic carbocycles. The number of benzene rings is 2. The molecule has 0 unspecified atom stereocenters. The third-order valence-electron chi connectivity index (χ3n) is 5.92. The van der Waals surface area contributed by atoms with Gasteiger partial charge in [0.25, 0.3) is 0 Å². The van der Waals surface area contributed by atoms with Crippen molar-refractivity contribution < 1.29 is 9.59 Å². The van der Waals surface area contributed by atoms with Gasteiger partial charge in [0.05, 0.1) is 5.69 Å². The predicted molar refractivity (Wildman–Crippen MR) is 120 cm³/mol. The molecule has 0 spiro atoms. The second-order valence-electron chi connectivity index (χ2n) is 8.03. The Bertz CT molecular complexity index is 976. The fourth-order valence-corrected chi connectivity index (χ4v) is 4.00. The molecule has 2 amide bonds. The van der Waals surface area contributed by atoms with Gasteiger partial charge in [-0.25, -0.2) is 0 Å². The zero-order valence-electron chi connectivity index (χ0n) is 17.6. The molecule has 31 heavy (non-hydrogen) atoms. The first-order valence-electron chi connectivity index (χ1n) is 10.9. The lowest BCUT2D eigenvalue weighted by molar-refractivity contribution is -0.135. The lowest BCUT2D eigenvalue weighted by Gasteiger charge is -2.31. The highest BCUT2D eigenvalue weighted by molar-refractivity contribution is 5.80. The Morgan fingerprint density at radius 2 is 1.71 bits per heavy atom. The molecule has 3 aromatic rings. The van der Waals surface area contributed by atoms with Crippen LogP contribution in [0.1, 0.15) is 30.4 Å². The van der Waals surface area contributed by atoms with Crippen molar-refractivity contribution in [2.24, 2.45) is 5.92 Å². The first-order chi connectivity index (χ1) is 15.2. The van der Waals surface area contributed by atoms with Crippen LogP contribution in [0.25, 0.3) is 11.3 Å². The Morgan fingerprint density at radius 1 is 0.968 bits per heavy atom. The molecule has 0 saturated carbocycles. The summed E-state index contributed by atoms with van der Waals surface area (Å²) >= 11 is 0. The molecule has 1 saturated heterocycles. The first-order valence-corrected chi connectivity index (χ1v) is 10.9. The SMILES string of the molecule is O=C(NCc1ccc(-c2ccn[nH]2)cc1)C1CCN(C(=O)CCc2ccccc2)CC1. The normalized spacial score (nSPS) is 14.4. The average molecular weight is 417 g/mol. The van der Waals surface area contributed by atoms with Crippen molar-refractivity contribution in [3.63, 3.8) is 0 Å². The maximum Gasteiger partial charge on any atom is 0.223 e. The number of nitrogens with zero attached hydrogens (tertiary/aromatic N) is 2. The van der Waals surface area contributed by atoms with E-state index in [4.69, 9.17) is 0 Å². The summed E-state index contributed by atoms with van der Waals surface area (Å²) in [4.78, 5) is 27.0. The lowest BCUT2D eigenvalue weighted by atomic mass is 9.95. The van der Waals surface area contributed by atoms with Crippen LogP contribution >= 0.6 is 0 Å². The van der Waals surface area contributed by atoms with Crippen LogP contribution in [0.4, 0.5) is 0 Å². The fourth-order valence-electron chi connectivity index (χ4n) is 4.00. The maximum atomic E-state index is 12.6. The van der Waals surface area contributed by atoms with Crippen molar-refractivity contribution in [3.8, 4) is 11.3 Å². The van der Waals surface area contributed by atoms with Gasteiger partial charge in [-0.3, -0.25) is 14.7 Å². The number of hydrogen-bond acceptors (Lipinski definition) is 3. The second kappa shape index (κ2) is 10.1. The minimum atomic E-state index is -0.0255. The number of rotatable bonds is 7. The largest absolute Gasteiger partial charge is 0.352 e. The zero-order valence-corrected chi connectivity index (χ0v) is 17.6. The topological polar surface area (TPSA) is 78.1 Å². The monoisotopic (exact) mass is 416 g/mol. The number of amides is 2. The molecule has 2 aromatic carbocycles. The number of aromatic nitrogens is 2. The van der Waals surface area contributed by atoms with E-state index in [0.717, 1.165) is 36.1 Å². The fraction of sp³-hybridized carbons (Fsp3) is 0.320. The molecule has 160 valence electrons. The third-order valence-corrected chi connectivity index (χ3v) is 5.92. The third kappa shape index (κ3) is 5.60. The highest BCUT2D eigenvalue weighted by Crippen LogP contribution is 2.20. The van der Waals surface area contributed by atoms with Crippen LogP contribution in [0.2, 0.25) is 0 Å². The Balaban J connectivity index is 1.19. The standard InChI is InChI=1S/C25H28N4O2/c30-24(11-8-19-4-2-1-3-5-19)29-16-13-22(14-17-29)25(31)26-18-20-6-9-21(10-7-20)23-12-15-27-28-23/h1-7,9-10,12,15,22H,8,11,13-14,16-18H2,(H,26,31)(H,27,28). The Morgan fingerprint density at radius 3 is 2.39 bits per heavy atom. The van der Waals surface area contributed by atoms with Gasteiger partial charge in [-0.1, -0.05) is 54.6 Å². The number of likely N-dealkylation sites (tertiary alicyclic amines) is 1. The van der Waals surface area contributed by atoms with Gasteiger partial charge in [0.15, 0.2) is 0 Å². The summed E-state index contributed by atoms with van der Waals surface area (Å²) in [6, 6.07) is 20.1. The van der Waals surface area contributed by atoms with Gasteiger partial charge in [0, 0.05) is 38.2 Å². The van der Waals surface area contributed by atoms with Crippen LogP contribution in [0.15, 0.2) is 66.9 Å². The number of aromatic amines is 1. The number of aryl methyl sites for hydroxylation is 1. The van der Waals surface area contributed by atoms with Crippen LogP contribution < -0.4 is 5.32 Å². The molecular weight excluding hydrogens is 388 g/mol. The summed E-state index contributed by atoms with van der Waals surface area (Å²) in [7, 11) is 0. The van der Waals surface area contributed by atoms with Crippen LogP contribution in [-0.2, 0) is 22.6 Å². The van der Waals surface area contributed by atoms with Crippen LogP contribution in [0.5, 0.6) is 0 Å². The van der Waals surface area contributed by atoms with Crippen molar-refractivity contribution >= 4 is 11.8 Å². The molecule has 6 heteroatoms. The number of hydrogen-bond donors (Lipinski definition) is 2. The van der Waals surface area contributed by atoms with Gasteiger partial charge >= 0.3 is 0 Å². The molecule has 0 atom stereocenters. The number of piperidine rings is 1. The molecule has 2 heterocycles. The summed E-state index contributed by atoms with van der Waals surface area (Å²) in [6.07, 6.45) is 4.46. The van der Waals surface area contributed by atoms with E-state index in [9.17, 15) is 9.59 Å². The number of nitrogens with one attached hydrogen (secondary N) is 2. The zero-order chi connectivity index (χ0) is 21.5. The molecule has 0 radical (unpaired) electrons. The van der Waals surface area contributed by atoms with E-state index in [0.29, 0.717) is 26.1 Å².